The molecule has 2 heterocycles. The summed E-state index contributed by atoms with van der Waals surface area (Å²) in [6.45, 7) is 2.02. The molecule has 0 aliphatic carbocycles. The summed E-state index contributed by atoms with van der Waals surface area (Å²) in [4.78, 5) is 4.17. The summed E-state index contributed by atoms with van der Waals surface area (Å²) in [6.07, 6.45) is 2.60. The van der Waals surface area contributed by atoms with Crippen molar-refractivity contribution in [2.24, 2.45) is 0 Å². The molecular weight excluding hydrogens is 206 g/mol. The molecule has 1 atom stereocenters. The van der Waals surface area contributed by atoms with Crippen LogP contribution in [0.5, 0.6) is 0 Å². The molecule has 3 N–H and O–H groups in total. The zero-order chi connectivity index (χ0) is 11.4. The second kappa shape index (κ2) is 4.67. The Balaban J connectivity index is 1.98. The summed E-state index contributed by atoms with van der Waals surface area (Å²) >= 11 is 0. The van der Waals surface area contributed by atoms with Gasteiger partial charge in [-0.15, -0.1) is 0 Å². The third-order valence-electron chi connectivity index (χ3n) is 2.92. The van der Waals surface area contributed by atoms with E-state index in [1.54, 1.807) is 13.3 Å². The molecule has 1 saturated heterocycles. The molecule has 1 fully saturated rings. The second-order valence-corrected chi connectivity index (χ2v) is 3.98. The zero-order valence-electron chi connectivity index (χ0n) is 9.40. The van der Waals surface area contributed by atoms with E-state index in [1.807, 2.05) is 12.1 Å². The van der Waals surface area contributed by atoms with E-state index in [0.717, 1.165) is 13.0 Å². The summed E-state index contributed by atoms with van der Waals surface area (Å²) in [5, 5.41) is 3.21. The number of nitrogen functional groups attached to an aromatic ring is 1. The number of nitrogens with zero attached hydrogens (tertiary/aromatic N) is 1. The normalized spacial score (nSPS) is 24.6. The Morgan fingerprint density at radius 2 is 2.56 bits per heavy atom. The lowest BCUT2D eigenvalue weighted by molar-refractivity contribution is -0.00624. The molecule has 0 spiro atoms. The zero-order valence-corrected chi connectivity index (χ0v) is 9.40. The molecular formula is C11H17N3O2. The van der Waals surface area contributed by atoms with E-state index >= 15 is 0 Å². The minimum Gasteiger partial charge on any atom is -0.396 e. The van der Waals surface area contributed by atoms with Gasteiger partial charge in [0.2, 0.25) is 0 Å². The highest BCUT2D eigenvalue weighted by Gasteiger charge is 2.34. The van der Waals surface area contributed by atoms with Gasteiger partial charge in [-0.25, -0.2) is 4.98 Å². The van der Waals surface area contributed by atoms with Gasteiger partial charge in [0, 0.05) is 32.9 Å². The molecule has 0 amide bonds. The Morgan fingerprint density at radius 3 is 3.19 bits per heavy atom. The molecule has 1 aliphatic rings. The number of methoxy groups -OCH3 is 1. The van der Waals surface area contributed by atoms with Crippen LogP contribution >= 0.6 is 0 Å². The minimum atomic E-state index is -0.246. The molecule has 1 aromatic heterocycles. The number of hydrogen-bond acceptors (Lipinski definition) is 5. The number of nitrogens with one attached hydrogen (secondary N) is 1. The number of anilines is 2. The van der Waals surface area contributed by atoms with Gasteiger partial charge in [0.05, 0.1) is 12.3 Å². The average Bonchev–Trinajstić information content (AvgIpc) is 2.78. The summed E-state index contributed by atoms with van der Waals surface area (Å²) in [7, 11) is 1.71. The van der Waals surface area contributed by atoms with Gasteiger partial charge in [-0.1, -0.05) is 0 Å². The van der Waals surface area contributed by atoms with E-state index < -0.39 is 0 Å². The number of pyridine rings is 1. The minimum absolute atomic E-state index is 0.246. The Labute approximate surface area is 95.0 Å². The first-order valence-corrected chi connectivity index (χ1v) is 5.33. The van der Waals surface area contributed by atoms with Crippen LogP contribution in [0.3, 0.4) is 0 Å². The molecule has 0 bridgehead atoms. The lowest BCUT2D eigenvalue weighted by Crippen LogP contribution is -2.39. The molecule has 1 aliphatic heterocycles. The Hall–Kier alpha value is -1.33. The fourth-order valence-corrected chi connectivity index (χ4v) is 1.77. The summed E-state index contributed by atoms with van der Waals surface area (Å²) in [5.74, 6) is 0.700. The van der Waals surface area contributed by atoms with Crippen LogP contribution in [0, 0.1) is 0 Å². The van der Waals surface area contributed by atoms with Crippen LogP contribution in [-0.4, -0.2) is 37.5 Å². The molecule has 1 unspecified atom stereocenters. The van der Waals surface area contributed by atoms with Crippen molar-refractivity contribution in [2.45, 2.75) is 12.0 Å². The van der Waals surface area contributed by atoms with Crippen molar-refractivity contribution in [3.63, 3.8) is 0 Å². The van der Waals surface area contributed by atoms with E-state index in [4.69, 9.17) is 15.2 Å². The smallest absolute Gasteiger partial charge is 0.149 e. The van der Waals surface area contributed by atoms with Gasteiger partial charge in [0.15, 0.2) is 0 Å². The molecule has 5 heteroatoms. The van der Waals surface area contributed by atoms with Gasteiger partial charge in [-0.3, -0.25) is 0 Å². The van der Waals surface area contributed by atoms with Gasteiger partial charge < -0.3 is 20.5 Å². The lowest BCUT2D eigenvalue weighted by Gasteiger charge is -2.26. The molecule has 88 valence electrons. The third kappa shape index (κ3) is 2.25. The van der Waals surface area contributed by atoms with E-state index in [9.17, 15) is 0 Å². The predicted octanol–water partition coefficient (Wildman–Crippen LogP) is 0.881. The third-order valence-corrected chi connectivity index (χ3v) is 2.92. The molecule has 0 radical (unpaired) electrons. The molecule has 16 heavy (non-hydrogen) atoms. The van der Waals surface area contributed by atoms with Gasteiger partial charge in [-0.2, -0.15) is 0 Å². The van der Waals surface area contributed by atoms with Crippen LogP contribution < -0.4 is 11.1 Å². The maximum atomic E-state index is 5.79. The fraction of sp³-hybridized carbons (Fsp3) is 0.545. The number of nitrogens with two attached hydrogens (primary N) is 1. The quantitative estimate of drug-likeness (QED) is 0.793. The lowest BCUT2D eigenvalue weighted by atomic mass is 10.0. The van der Waals surface area contributed by atoms with Crippen molar-refractivity contribution >= 4 is 11.5 Å². The van der Waals surface area contributed by atoms with Crippen LogP contribution in [0.25, 0.3) is 0 Å². The maximum Gasteiger partial charge on any atom is 0.149 e. The summed E-state index contributed by atoms with van der Waals surface area (Å²) in [5.41, 5.74) is 6.19. The summed E-state index contributed by atoms with van der Waals surface area (Å²) < 4.78 is 10.9. The first kappa shape index (κ1) is 11.2. The average molecular weight is 223 g/mol. The van der Waals surface area contributed by atoms with Gasteiger partial charge in [0.25, 0.3) is 0 Å². The highest BCUT2D eigenvalue weighted by molar-refractivity contribution is 5.60. The Bertz CT molecular complexity index is 351. The van der Waals surface area contributed by atoms with Crippen LogP contribution in [-0.2, 0) is 9.47 Å². The SMILES string of the molecule is COC1(CNc2ncccc2N)CCOC1. The largest absolute Gasteiger partial charge is 0.396 e. The molecule has 1 aromatic rings. The molecule has 0 saturated carbocycles. The van der Waals surface area contributed by atoms with Crippen molar-refractivity contribution in [3.05, 3.63) is 18.3 Å². The van der Waals surface area contributed by atoms with Crippen molar-refractivity contribution in [1.82, 2.24) is 4.98 Å². The fourth-order valence-electron chi connectivity index (χ4n) is 1.77. The van der Waals surface area contributed by atoms with Crippen LogP contribution in [0.15, 0.2) is 18.3 Å². The summed E-state index contributed by atoms with van der Waals surface area (Å²) in [6, 6.07) is 3.63. The van der Waals surface area contributed by atoms with E-state index in [1.165, 1.54) is 0 Å². The second-order valence-electron chi connectivity index (χ2n) is 3.98. The first-order valence-electron chi connectivity index (χ1n) is 5.33. The van der Waals surface area contributed by atoms with Crippen molar-refractivity contribution < 1.29 is 9.47 Å². The number of aromatic nitrogens is 1. The van der Waals surface area contributed by atoms with Crippen LogP contribution in [0.4, 0.5) is 11.5 Å². The molecule has 5 nitrogen and oxygen atoms in total. The topological polar surface area (TPSA) is 69.4 Å². The number of hydrogen-bond donors (Lipinski definition) is 2. The van der Waals surface area contributed by atoms with Crippen molar-refractivity contribution in [3.8, 4) is 0 Å². The van der Waals surface area contributed by atoms with Crippen LogP contribution in [0.1, 0.15) is 6.42 Å². The van der Waals surface area contributed by atoms with Crippen molar-refractivity contribution in [1.29, 1.82) is 0 Å². The highest BCUT2D eigenvalue weighted by atomic mass is 16.5. The molecule has 0 aromatic carbocycles. The van der Waals surface area contributed by atoms with Gasteiger partial charge in [0.1, 0.15) is 11.4 Å². The van der Waals surface area contributed by atoms with E-state index in [-0.39, 0.29) is 5.60 Å². The van der Waals surface area contributed by atoms with Crippen molar-refractivity contribution in [2.75, 3.05) is 37.9 Å². The highest BCUT2D eigenvalue weighted by Crippen LogP contribution is 2.23. The van der Waals surface area contributed by atoms with Crippen LogP contribution in [0.2, 0.25) is 0 Å². The number of ether oxygens (including phenoxy) is 2. The standard InChI is InChI=1S/C11H17N3O2/c1-15-11(4-6-16-8-11)7-14-10-9(12)3-2-5-13-10/h2-3,5H,4,6-8,12H2,1H3,(H,13,14). The van der Waals surface area contributed by atoms with Gasteiger partial charge in [-0.05, 0) is 12.1 Å². The molecule has 2 rings (SSSR count). The van der Waals surface area contributed by atoms with E-state index in [2.05, 4.69) is 10.3 Å². The maximum absolute atomic E-state index is 5.79. The first-order chi connectivity index (χ1) is 7.76. The number of rotatable bonds is 4. The van der Waals surface area contributed by atoms with Gasteiger partial charge >= 0.3 is 0 Å². The Morgan fingerprint density at radius 1 is 1.69 bits per heavy atom. The van der Waals surface area contributed by atoms with E-state index in [0.29, 0.717) is 24.7 Å². The monoisotopic (exact) mass is 223 g/mol. The predicted molar refractivity (Wildman–Crippen MR) is 62.3 cm³/mol. The Kier molecular flexibility index (Phi) is 3.26.